The molecule has 0 saturated heterocycles. The van der Waals surface area contributed by atoms with Crippen LogP contribution in [0.3, 0.4) is 0 Å². The van der Waals surface area contributed by atoms with Crippen molar-refractivity contribution in [1.29, 1.82) is 5.26 Å². The van der Waals surface area contributed by atoms with Crippen molar-refractivity contribution in [3.63, 3.8) is 0 Å². The Morgan fingerprint density at radius 1 is 1.00 bits per heavy atom. The van der Waals surface area contributed by atoms with Gasteiger partial charge in [0, 0.05) is 30.0 Å². The molecule has 1 amide bonds. The first-order valence-electron chi connectivity index (χ1n) is 9.70. The minimum absolute atomic E-state index is 0.0363. The number of nitriles is 1. The third kappa shape index (κ3) is 6.54. The Labute approximate surface area is 208 Å². The second kappa shape index (κ2) is 11.1. The highest BCUT2D eigenvalue weighted by Gasteiger charge is 2.15. The quantitative estimate of drug-likeness (QED) is 0.170. The summed E-state index contributed by atoms with van der Waals surface area (Å²) in [6.45, 7) is -0.0363. The van der Waals surface area contributed by atoms with E-state index in [1.807, 2.05) is 0 Å². The Hall–Kier alpha value is -4.46. The number of carbonyl (C=O) groups excluding carboxylic acids is 1. The zero-order chi connectivity index (χ0) is 25.5. The van der Waals surface area contributed by atoms with Gasteiger partial charge in [-0.3, -0.25) is 25.0 Å². The van der Waals surface area contributed by atoms with Crippen LogP contribution < -0.4 is 10.1 Å². The average molecular weight is 513 g/mol. The van der Waals surface area contributed by atoms with Gasteiger partial charge < -0.3 is 10.1 Å². The summed E-state index contributed by atoms with van der Waals surface area (Å²) in [6.07, 6.45) is 1.24. The summed E-state index contributed by atoms with van der Waals surface area (Å²) in [6, 6.07) is 15.8. The van der Waals surface area contributed by atoms with Crippen molar-refractivity contribution in [3.05, 3.63) is 108 Å². The van der Waals surface area contributed by atoms with Gasteiger partial charge in [-0.1, -0.05) is 41.4 Å². The first-order chi connectivity index (χ1) is 16.7. The number of hydrogen-bond acceptors (Lipinski definition) is 7. The Morgan fingerprint density at radius 2 is 1.60 bits per heavy atom. The summed E-state index contributed by atoms with van der Waals surface area (Å²) in [5.74, 6) is -0.664. The van der Waals surface area contributed by atoms with Gasteiger partial charge in [-0.15, -0.1) is 0 Å². The lowest BCUT2D eigenvalue weighted by atomic mass is 10.1. The fraction of sp³-hybridized carbons (Fsp3) is 0.0435. The van der Waals surface area contributed by atoms with Gasteiger partial charge in [-0.2, -0.15) is 5.26 Å². The van der Waals surface area contributed by atoms with E-state index in [0.717, 1.165) is 6.07 Å². The molecule has 0 aliphatic heterocycles. The molecule has 0 saturated carbocycles. The third-order valence-electron chi connectivity index (χ3n) is 4.52. The maximum atomic E-state index is 12.5. The number of hydrogen-bond donors (Lipinski definition) is 1. The Balaban J connectivity index is 1.77. The number of non-ortho nitro benzene ring substituents is 2. The van der Waals surface area contributed by atoms with E-state index in [1.54, 1.807) is 12.1 Å². The van der Waals surface area contributed by atoms with Crippen LogP contribution in [-0.4, -0.2) is 15.8 Å². The summed E-state index contributed by atoms with van der Waals surface area (Å²) in [5.41, 5.74) is 0.397. The highest BCUT2D eigenvalue weighted by atomic mass is 35.5. The van der Waals surface area contributed by atoms with Crippen LogP contribution in [0.25, 0.3) is 6.08 Å². The number of ether oxygens (including phenoxy) is 1. The lowest BCUT2D eigenvalue weighted by molar-refractivity contribution is -0.385. The number of nitro benzene ring substituents is 2. The van der Waals surface area contributed by atoms with E-state index in [0.29, 0.717) is 11.1 Å². The zero-order valence-corrected chi connectivity index (χ0v) is 19.1. The number of anilines is 1. The third-order valence-corrected chi connectivity index (χ3v) is 5.08. The minimum Gasteiger partial charge on any atom is -0.486 e. The fourth-order valence-electron chi connectivity index (χ4n) is 2.93. The molecule has 0 heterocycles. The molecular weight excluding hydrogens is 499 g/mol. The Kier molecular flexibility index (Phi) is 7.99. The van der Waals surface area contributed by atoms with Gasteiger partial charge in [0.05, 0.1) is 19.9 Å². The Morgan fingerprint density at radius 3 is 2.20 bits per heavy atom. The van der Waals surface area contributed by atoms with Gasteiger partial charge >= 0.3 is 0 Å². The Bertz CT molecular complexity index is 1380. The van der Waals surface area contributed by atoms with Crippen molar-refractivity contribution >= 4 is 52.2 Å². The summed E-state index contributed by atoms with van der Waals surface area (Å²) >= 11 is 12.5. The van der Waals surface area contributed by atoms with E-state index in [-0.39, 0.29) is 45.0 Å². The van der Waals surface area contributed by atoms with E-state index in [2.05, 4.69) is 5.32 Å². The van der Waals surface area contributed by atoms with Crippen LogP contribution >= 0.6 is 23.2 Å². The highest BCUT2D eigenvalue weighted by Crippen LogP contribution is 2.35. The van der Waals surface area contributed by atoms with Crippen molar-refractivity contribution in [2.24, 2.45) is 0 Å². The number of nitrogens with one attached hydrogen (secondary N) is 1. The molecule has 0 aromatic heterocycles. The van der Waals surface area contributed by atoms with Gasteiger partial charge in [0.15, 0.2) is 5.75 Å². The topological polar surface area (TPSA) is 148 Å². The molecule has 1 N–H and O–H groups in total. The van der Waals surface area contributed by atoms with Crippen LogP contribution in [0, 0.1) is 31.6 Å². The summed E-state index contributed by atoms with van der Waals surface area (Å²) < 4.78 is 5.63. The molecule has 0 atom stereocenters. The lowest BCUT2D eigenvalue weighted by Gasteiger charge is -2.11. The lowest BCUT2D eigenvalue weighted by Crippen LogP contribution is -2.13. The molecule has 10 nitrogen and oxygen atoms in total. The van der Waals surface area contributed by atoms with E-state index in [4.69, 9.17) is 27.9 Å². The summed E-state index contributed by atoms with van der Waals surface area (Å²) in [4.78, 5) is 33.2. The molecule has 35 heavy (non-hydrogen) atoms. The second-order valence-electron chi connectivity index (χ2n) is 6.96. The molecular formula is C23H14Cl2N4O6. The van der Waals surface area contributed by atoms with E-state index in [9.17, 15) is 30.3 Å². The largest absolute Gasteiger partial charge is 0.486 e. The number of nitro groups is 2. The van der Waals surface area contributed by atoms with E-state index >= 15 is 0 Å². The van der Waals surface area contributed by atoms with Crippen molar-refractivity contribution in [3.8, 4) is 11.8 Å². The number of rotatable bonds is 8. The van der Waals surface area contributed by atoms with Crippen LogP contribution in [0.2, 0.25) is 10.0 Å². The first kappa shape index (κ1) is 25.2. The number of benzene rings is 3. The maximum absolute atomic E-state index is 12.5. The molecule has 0 aliphatic carbocycles. The van der Waals surface area contributed by atoms with Crippen molar-refractivity contribution < 1.29 is 19.4 Å². The van der Waals surface area contributed by atoms with E-state index in [1.165, 1.54) is 54.6 Å². The standard InChI is InChI=1S/C23H14Cl2N4O6/c24-20-9-15(7-16(12-26)23(30)27-17-4-2-6-19(11-17)29(33)34)10-21(25)22(20)35-13-14-3-1-5-18(8-14)28(31)32/h1-11H,13H2,(H,27,30)/b16-7+. The van der Waals surface area contributed by atoms with Crippen LogP contribution in [-0.2, 0) is 11.4 Å². The van der Waals surface area contributed by atoms with Crippen LogP contribution in [0.15, 0.2) is 66.2 Å². The van der Waals surface area contributed by atoms with Gasteiger partial charge in [-0.05, 0) is 35.4 Å². The molecule has 0 spiro atoms. The number of carbonyl (C=O) groups is 1. The van der Waals surface area contributed by atoms with Gasteiger partial charge in [-0.25, -0.2) is 0 Å². The maximum Gasteiger partial charge on any atom is 0.271 e. The normalized spacial score (nSPS) is 10.8. The molecule has 3 aromatic carbocycles. The van der Waals surface area contributed by atoms with Crippen LogP contribution in [0.1, 0.15) is 11.1 Å². The first-order valence-corrected chi connectivity index (χ1v) is 10.5. The zero-order valence-electron chi connectivity index (χ0n) is 17.6. The highest BCUT2D eigenvalue weighted by molar-refractivity contribution is 6.37. The minimum atomic E-state index is -0.786. The predicted molar refractivity (Wildman–Crippen MR) is 129 cm³/mol. The molecule has 176 valence electrons. The molecule has 12 heteroatoms. The van der Waals surface area contributed by atoms with Gasteiger partial charge in [0.25, 0.3) is 17.3 Å². The number of halogens is 2. The fourth-order valence-corrected chi connectivity index (χ4v) is 3.54. The summed E-state index contributed by atoms with van der Waals surface area (Å²) in [5, 5.41) is 33.8. The van der Waals surface area contributed by atoms with E-state index < -0.39 is 15.8 Å². The smallest absolute Gasteiger partial charge is 0.271 e. The summed E-state index contributed by atoms with van der Waals surface area (Å²) in [7, 11) is 0. The second-order valence-corrected chi connectivity index (χ2v) is 7.78. The molecule has 0 unspecified atom stereocenters. The predicted octanol–water partition coefficient (Wildman–Crippen LogP) is 5.93. The SMILES string of the molecule is N#C/C(=C\c1cc(Cl)c(OCc2cccc([N+](=O)[O-])c2)c(Cl)c1)C(=O)Nc1cccc([N+](=O)[O-])c1. The van der Waals surface area contributed by atoms with Gasteiger partial charge in [0.1, 0.15) is 18.2 Å². The van der Waals surface area contributed by atoms with Crippen LogP contribution in [0.4, 0.5) is 17.1 Å². The van der Waals surface area contributed by atoms with Crippen molar-refractivity contribution in [2.75, 3.05) is 5.32 Å². The average Bonchev–Trinajstić information content (AvgIpc) is 2.82. The number of amides is 1. The van der Waals surface area contributed by atoms with Crippen molar-refractivity contribution in [1.82, 2.24) is 0 Å². The van der Waals surface area contributed by atoms with Crippen molar-refractivity contribution in [2.45, 2.75) is 6.61 Å². The molecule has 3 aromatic rings. The molecule has 0 aliphatic rings. The molecule has 0 radical (unpaired) electrons. The van der Waals surface area contributed by atoms with Crippen LogP contribution in [0.5, 0.6) is 5.75 Å². The molecule has 3 rings (SSSR count). The molecule has 0 fully saturated rings. The molecule has 0 bridgehead atoms. The van der Waals surface area contributed by atoms with Gasteiger partial charge in [0.2, 0.25) is 0 Å². The monoisotopic (exact) mass is 512 g/mol. The number of nitrogens with zero attached hydrogens (tertiary/aromatic N) is 3.